The zero-order chi connectivity index (χ0) is 18.5. The number of hydrogen-bond acceptors (Lipinski definition) is 4. The van der Waals surface area contributed by atoms with Crippen LogP contribution in [0.1, 0.15) is 42.1 Å². The van der Waals surface area contributed by atoms with Crippen molar-refractivity contribution in [2.75, 3.05) is 0 Å². The lowest BCUT2D eigenvalue weighted by Crippen LogP contribution is -2.38. The molecule has 1 fully saturated rings. The van der Waals surface area contributed by atoms with E-state index in [1.165, 1.54) is 0 Å². The fraction of sp³-hybridized carbons (Fsp3) is 0.286. The standard InChI is InChI=1S/C21H22N4O2/c26-21(24-16-10-12-17(13-11-16)25-14-22-23-15-25)19-8-4-5-9-20(19)27-18-6-2-1-3-7-18/h1-9,14-17H,10-13H2,(H,24,26). The van der Waals surface area contributed by atoms with Crippen molar-refractivity contribution in [2.45, 2.75) is 37.8 Å². The van der Waals surface area contributed by atoms with Crippen LogP contribution in [0.5, 0.6) is 11.5 Å². The summed E-state index contributed by atoms with van der Waals surface area (Å²) in [5, 5.41) is 10.9. The third-order valence-corrected chi connectivity index (χ3v) is 4.99. The zero-order valence-electron chi connectivity index (χ0n) is 15.0. The molecule has 0 saturated heterocycles. The van der Waals surface area contributed by atoms with Crippen molar-refractivity contribution < 1.29 is 9.53 Å². The maximum absolute atomic E-state index is 12.8. The summed E-state index contributed by atoms with van der Waals surface area (Å²) in [7, 11) is 0. The van der Waals surface area contributed by atoms with Gasteiger partial charge in [0.25, 0.3) is 5.91 Å². The molecule has 1 saturated carbocycles. The Morgan fingerprint density at radius 3 is 2.33 bits per heavy atom. The first-order valence-corrected chi connectivity index (χ1v) is 9.26. The van der Waals surface area contributed by atoms with Crippen molar-refractivity contribution in [3.8, 4) is 11.5 Å². The van der Waals surface area contributed by atoms with Gasteiger partial charge in [-0.25, -0.2) is 0 Å². The number of nitrogens with zero attached hydrogens (tertiary/aromatic N) is 3. The third kappa shape index (κ3) is 4.16. The maximum atomic E-state index is 12.8. The lowest BCUT2D eigenvalue weighted by atomic mass is 9.91. The molecule has 6 heteroatoms. The summed E-state index contributed by atoms with van der Waals surface area (Å²) in [6.45, 7) is 0. The van der Waals surface area contributed by atoms with Gasteiger partial charge < -0.3 is 14.6 Å². The summed E-state index contributed by atoms with van der Waals surface area (Å²) in [6.07, 6.45) is 7.42. The predicted octanol–water partition coefficient (Wildman–Crippen LogP) is 3.98. The van der Waals surface area contributed by atoms with Crippen LogP contribution in [-0.2, 0) is 0 Å². The van der Waals surface area contributed by atoms with Gasteiger partial charge in [0.1, 0.15) is 24.2 Å². The van der Waals surface area contributed by atoms with Crippen LogP contribution in [0.3, 0.4) is 0 Å². The molecule has 3 aromatic rings. The van der Waals surface area contributed by atoms with Gasteiger partial charge in [0.15, 0.2) is 0 Å². The van der Waals surface area contributed by atoms with E-state index in [0.29, 0.717) is 23.1 Å². The van der Waals surface area contributed by atoms with Crippen LogP contribution >= 0.6 is 0 Å². The number of carbonyl (C=O) groups excluding carboxylic acids is 1. The number of benzene rings is 2. The van der Waals surface area contributed by atoms with E-state index in [1.807, 2.05) is 48.5 Å². The minimum absolute atomic E-state index is 0.0886. The largest absolute Gasteiger partial charge is 0.457 e. The Labute approximate surface area is 158 Å². The molecule has 138 valence electrons. The second kappa shape index (κ2) is 8.03. The van der Waals surface area contributed by atoms with Gasteiger partial charge in [-0.05, 0) is 49.9 Å². The molecular weight excluding hydrogens is 340 g/mol. The first-order chi connectivity index (χ1) is 13.3. The van der Waals surface area contributed by atoms with Crippen molar-refractivity contribution >= 4 is 5.91 Å². The fourth-order valence-corrected chi connectivity index (χ4v) is 3.54. The van der Waals surface area contributed by atoms with Gasteiger partial charge >= 0.3 is 0 Å². The van der Waals surface area contributed by atoms with Gasteiger partial charge in [0.05, 0.1) is 5.56 Å². The molecule has 0 aliphatic heterocycles. The summed E-state index contributed by atoms with van der Waals surface area (Å²) >= 11 is 0. The van der Waals surface area contributed by atoms with Crippen molar-refractivity contribution in [3.05, 3.63) is 72.8 Å². The van der Waals surface area contributed by atoms with E-state index in [0.717, 1.165) is 25.7 Å². The molecule has 0 unspecified atom stereocenters. The molecular formula is C21H22N4O2. The summed E-state index contributed by atoms with van der Waals surface area (Å²) in [4.78, 5) is 12.8. The van der Waals surface area contributed by atoms with E-state index in [2.05, 4.69) is 20.1 Å². The van der Waals surface area contributed by atoms with E-state index in [1.54, 1.807) is 18.7 Å². The van der Waals surface area contributed by atoms with Crippen molar-refractivity contribution in [1.29, 1.82) is 0 Å². The number of rotatable bonds is 5. The van der Waals surface area contributed by atoms with Crippen molar-refractivity contribution in [3.63, 3.8) is 0 Å². The Balaban J connectivity index is 1.39. The molecule has 1 aromatic heterocycles. The van der Waals surface area contributed by atoms with Crippen LogP contribution in [0.25, 0.3) is 0 Å². The molecule has 2 aromatic carbocycles. The highest BCUT2D eigenvalue weighted by molar-refractivity contribution is 5.97. The highest BCUT2D eigenvalue weighted by Gasteiger charge is 2.24. The molecule has 1 aliphatic rings. The Hall–Kier alpha value is -3.15. The molecule has 1 heterocycles. The highest BCUT2D eigenvalue weighted by atomic mass is 16.5. The van der Waals surface area contributed by atoms with Crippen molar-refractivity contribution in [2.24, 2.45) is 0 Å². The minimum atomic E-state index is -0.0886. The van der Waals surface area contributed by atoms with Crippen LogP contribution in [0.2, 0.25) is 0 Å². The van der Waals surface area contributed by atoms with Gasteiger partial charge in [-0.15, -0.1) is 10.2 Å². The monoisotopic (exact) mass is 362 g/mol. The number of ether oxygens (including phenoxy) is 1. The molecule has 0 bridgehead atoms. The normalized spacial score (nSPS) is 19.4. The molecule has 27 heavy (non-hydrogen) atoms. The van der Waals surface area contributed by atoms with Gasteiger partial charge in [-0.3, -0.25) is 4.79 Å². The van der Waals surface area contributed by atoms with Gasteiger partial charge in [-0.2, -0.15) is 0 Å². The molecule has 1 amide bonds. The Morgan fingerprint density at radius 1 is 0.926 bits per heavy atom. The smallest absolute Gasteiger partial charge is 0.255 e. The maximum Gasteiger partial charge on any atom is 0.255 e. The quantitative estimate of drug-likeness (QED) is 0.745. The SMILES string of the molecule is O=C(NC1CCC(n2cnnc2)CC1)c1ccccc1Oc1ccccc1. The average molecular weight is 362 g/mol. The molecule has 1 N–H and O–H groups in total. The summed E-state index contributed by atoms with van der Waals surface area (Å²) in [6, 6.07) is 17.5. The molecule has 1 aliphatic carbocycles. The first kappa shape index (κ1) is 17.3. The minimum Gasteiger partial charge on any atom is -0.457 e. The topological polar surface area (TPSA) is 69.0 Å². The van der Waals surface area contributed by atoms with Crippen molar-refractivity contribution in [1.82, 2.24) is 20.1 Å². The van der Waals surface area contributed by atoms with E-state index < -0.39 is 0 Å². The van der Waals surface area contributed by atoms with Crippen LogP contribution in [0.4, 0.5) is 0 Å². The molecule has 0 atom stereocenters. The van der Waals surface area contributed by atoms with Gasteiger partial charge in [-0.1, -0.05) is 30.3 Å². The van der Waals surface area contributed by atoms with Gasteiger partial charge in [0.2, 0.25) is 0 Å². The second-order valence-corrected chi connectivity index (χ2v) is 6.80. The first-order valence-electron chi connectivity index (χ1n) is 9.26. The third-order valence-electron chi connectivity index (χ3n) is 4.99. The van der Waals surface area contributed by atoms with Crippen LogP contribution in [-0.4, -0.2) is 26.7 Å². The average Bonchev–Trinajstić information content (AvgIpc) is 3.25. The van der Waals surface area contributed by atoms with E-state index in [9.17, 15) is 4.79 Å². The lowest BCUT2D eigenvalue weighted by molar-refractivity contribution is 0.0920. The summed E-state index contributed by atoms with van der Waals surface area (Å²) < 4.78 is 7.96. The molecule has 6 nitrogen and oxygen atoms in total. The van der Waals surface area contributed by atoms with Gasteiger partial charge in [0, 0.05) is 12.1 Å². The molecule has 0 spiro atoms. The Kier molecular flexibility index (Phi) is 5.14. The number of carbonyl (C=O) groups is 1. The van der Waals surface area contributed by atoms with Crippen LogP contribution in [0.15, 0.2) is 67.3 Å². The molecule has 4 rings (SSSR count). The summed E-state index contributed by atoms with van der Waals surface area (Å²) in [5.74, 6) is 1.20. The van der Waals surface area contributed by atoms with E-state index in [4.69, 9.17) is 4.74 Å². The number of para-hydroxylation sites is 2. The lowest BCUT2D eigenvalue weighted by Gasteiger charge is -2.29. The zero-order valence-corrected chi connectivity index (χ0v) is 15.0. The van der Waals surface area contributed by atoms with Crippen LogP contribution in [0, 0.1) is 0 Å². The Bertz CT molecular complexity index is 872. The number of amides is 1. The highest BCUT2D eigenvalue weighted by Crippen LogP contribution is 2.29. The number of nitrogens with one attached hydrogen (secondary N) is 1. The number of aromatic nitrogens is 3. The number of hydrogen-bond donors (Lipinski definition) is 1. The summed E-state index contributed by atoms with van der Waals surface area (Å²) in [5.41, 5.74) is 0.558. The Morgan fingerprint density at radius 2 is 1.59 bits per heavy atom. The predicted molar refractivity (Wildman–Crippen MR) is 102 cm³/mol. The second-order valence-electron chi connectivity index (χ2n) is 6.80. The van der Waals surface area contributed by atoms with E-state index >= 15 is 0 Å². The molecule has 0 radical (unpaired) electrons. The van der Waals surface area contributed by atoms with E-state index in [-0.39, 0.29) is 11.9 Å². The fourth-order valence-electron chi connectivity index (χ4n) is 3.54. The van der Waals surface area contributed by atoms with Crippen LogP contribution < -0.4 is 10.1 Å².